The van der Waals surface area contributed by atoms with E-state index in [2.05, 4.69) is 16.0 Å². The Morgan fingerprint density at radius 2 is 0.647 bits per heavy atom. The topological polar surface area (TPSA) is 359 Å². The molecule has 136 heavy (non-hydrogen) atoms. The van der Waals surface area contributed by atoms with Crippen LogP contribution in [0.5, 0.6) is 23.0 Å². The second-order valence-corrected chi connectivity index (χ2v) is 35.8. The number of aromatic hydroxyl groups is 2. The molecule has 4 aromatic heterocycles. The van der Waals surface area contributed by atoms with Crippen molar-refractivity contribution in [1.82, 2.24) is 53.8 Å². The summed E-state index contributed by atoms with van der Waals surface area (Å²) in [4.78, 5) is 172. The Balaban J connectivity index is 0.000000124. The summed E-state index contributed by atoms with van der Waals surface area (Å²) >= 11 is 0. The highest BCUT2D eigenvalue weighted by atomic mass is 19.4. The fourth-order valence-electron chi connectivity index (χ4n) is 21.8. The molecule has 8 bridgehead atoms. The molecule has 9 aromatic rings. The number of halogens is 12. The van der Waals surface area contributed by atoms with Crippen molar-refractivity contribution in [2.24, 2.45) is 0 Å². The average Bonchev–Trinajstić information content (AvgIpc) is 1.54. The van der Waals surface area contributed by atoms with E-state index < -0.39 is 181 Å². The largest absolute Gasteiger partial charge is 0.503 e. The second kappa shape index (κ2) is 36.2. The quantitative estimate of drug-likeness (QED) is 0.0321. The Morgan fingerprint density at radius 3 is 0.919 bits per heavy atom. The summed E-state index contributed by atoms with van der Waals surface area (Å²) in [6, 6.07) is 22.0. The molecule has 8 fully saturated rings. The van der Waals surface area contributed by atoms with Gasteiger partial charge in [0.25, 0.3) is 41.4 Å². The van der Waals surface area contributed by atoms with Crippen LogP contribution in [0.25, 0.3) is 0 Å². The number of alkyl halides is 3. The second-order valence-electron chi connectivity index (χ2n) is 35.8. The lowest BCUT2D eigenvalue weighted by Gasteiger charge is -2.41. The van der Waals surface area contributed by atoms with Crippen LogP contribution in [0.4, 0.5) is 52.7 Å². The average molecular weight is 1900 g/mol. The predicted octanol–water partition coefficient (Wildman–Crippen LogP) is 11.5. The zero-order valence-electron chi connectivity index (χ0n) is 72.4. The first kappa shape index (κ1) is 93.5. The van der Waals surface area contributed by atoms with Gasteiger partial charge in [-0.05, 0) is 121 Å². The van der Waals surface area contributed by atoms with Gasteiger partial charge in [-0.3, -0.25) is 57.5 Å². The SMILES string of the molecule is CCOC(=O)c1cn2c(c(OCc3ccccc3)c1=O)C(=O)N1C3CCC1(CC3)C2.O=C(NCc1c(F)cc(F)cc1F)c1cn2c(c(O)c1=O)C(=O)N1C3CCC1(CC3)C2.O=C(NCc1c(F)cc(F)cc1F)c1cn2c(c(O)c1=O)C(=O)N1C3CCC1(CC3)C2.O=C(NCc1c(F)cc(F)cc1F)c1cn2c(c(OCc3ccccc3)c1=O)C(=O)N1C3CCC1(CC3)C2.O=CC(F)(F)F. The number of nitrogens with one attached hydrogen (secondary N) is 3. The number of esters is 1. The number of carbonyl (C=O) groups excluding carboxylic acids is 9. The van der Waals surface area contributed by atoms with Gasteiger partial charge in [-0.1, -0.05) is 60.7 Å². The Labute approximate surface area is 763 Å². The van der Waals surface area contributed by atoms with E-state index in [1.807, 2.05) is 70.5 Å². The van der Waals surface area contributed by atoms with Gasteiger partial charge in [-0.15, -0.1) is 0 Å². The van der Waals surface area contributed by atoms with Crippen molar-refractivity contribution in [2.45, 2.75) is 221 Å². The van der Waals surface area contributed by atoms with Crippen LogP contribution in [0, 0.1) is 52.4 Å². The van der Waals surface area contributed by atoms with Crippen LogP contribution < -0.4 is 47.1 Å². The molecule has 41 heteroatoms. The standard InChI is InChI=1S/C28H24F3N3O4.C23H24N2O5.2C21H18F3N3O4.C2HF3O/c29-17-10-21(30)19(22(31)11-17)12-32-26(36)20-13-33-15-28-8-6-18(7-9-28)34(28)27(37)23(33)25(24(20)35)38-14-16-4-2-1-3-5-16;1-2-29-22(28)17-12-24-14-23-10-8-16(9-11-23)25(23)21(27)18(24)20(19(17)26)30-13-15-6-4-3-5-7-15;2*22-10-5-14(23)12(15(24)6-10)7-25-19(30)13-8-26-9-21-3-1-11(2-4-21)27(21)20(31)16(26)18(29)17(13)28;3-2(4,5)1-6/h1-5,10-11,13,18H,6-9,12,14-15H2,(H,32,36);3-7,12,16H,2,8-11,13-14H2,1H3;2*5-6,8,11,29H,1-4,7,9H2,(H,25,30);1H. The molecular formula is C95H85F12N11O18. The normalized spacial score (nSPS) is 22.5. The van der Waals surface area contributed by atoms with Gasteiger partial charge in [-0.25, -0.2) is 44.3 Å². The van der Waals surface area contributed by atoms with Crippen LogP contribution in [-0.4, -0.2) is 161 Å². The number of aldehydes is 1. The summed E-state index contributed by atoms with van der Waals surface area (Å²) in [6.45, 7) is 1.81. The molecule has 5 aromatic carbocycles. The zero-order valence-corrected chi connectivity index (χ0v) is 72.4. The van der Waals surface area contributed by atoms with Crippen LogP contribution in [0.3, 0.4) is 0 Å². The zero-order chi connectivity index (χ0) is 96.8. The molecule has 29 nitrogen and oxygen atoms in total. The van der Waals surface area contributed by atoms with Crippen LogP contribution >= 0.6 is 0 Å². The van der Waals surface area contributed by atoms with Gasteiger partial charge in [-0.2, -0.15) is 13.2 Å². The van der Waals surface area contributed by atoms with Crippen molar-refractivity contribution in [3.8, 4) is 23.0 Å². The Morgan fingerprint density at radius 1 is 0.397 bits per heavy atom. The van der Waals surface area contributed by atoms with Crippen molar-refractivity contribution in [2.75, 3.05) is 6.61 Å². The molecule has 12 aliphatic heterocycles. The molecule has 0 saturated carbocycles. The smallest absolute Gasteiger partial charge is 0.446 e. The fraction of sp³-hybridized carbons (Fsp3) is 0.379. The van der Waals surface area contributed by atoms with E-state index >= 15 is 0 Å². The molecule has 8 saturated heterocycles. The number of amides is 7. The first-order valence-electron chi connectivity index (χ1n) is 43.9. The highest BCUT2D eigenvalue weighted by Gasteiger charge is 2.62. The van der Waals surface area contributed by atoms with Crippen LogP contribution in [0.15, 0.2) is 141 Å². The van der Waals surface area contributed by atoms with Gasteiger partial charge in [0.1, 0.15) is 87.8 Å². The third-order valence-corrected chi connectivity index (χ3v) is 28.0. The number of rotatable bonds is 17. The molecule has 712 valence electrons. The molecule has 0 aliphatic carbocycles. The number of aromatic nitrogens is 4. The molecular weight excluding hydrogens is 1810 g/mol. The van der Waals surface area contributed by atoms with Gasteiger partial charge in [0.15, 0.2) is 45.8 Å². The van der Waals surface area contributed by atoms with Gasteiger partial charge in [0.2, 0.25) is 28.0 Å². The molecule has 0 spiro atoms. The van der Waals surface area contributed by atoms with Crippen LogP contribution in [0.2, 0.25) is 0 Å². The molecule has 7 amide bonds. The van der Waals surface area contributed by atoms with Gasteiger partial charge in [0, 0.05) is 148 Å². The minimum absolute atomic E-state index is 0.00199. The Kier molecular flexibility index (Phi) is 24.9. The van der Waals surface area contributed by atoms with E-state index in [9.17, 15) is 120 Å². The molecule has 0 atom stereocenters. The van der Waals surface area contributed by atoms with Gasteiger partial charge >= 0.3 is 12.1 Å². The van der Waals surface area contributed by atoms with Gasteiger partial charge < -0.3 is 78.2 Å². The number of nitrogens with zero attached hydrogens (tertiary/aromatic N) is 8. The van der Waals surface area contributed by atoms with Gasteiger partial charge in [0.05, 0.1) is 28.8 Å². The monoisotopic (exact) mass is 1900 g/mol. The predicted molar refractivity (Wildman–Crippen MR) is 453 cm³/mol. The van der Waals surface area contributed by atoms with Crippen LogP contribution in [-0.2, 0) is 68.6 Å². The Hall–Kier alpha value is -14.3. The molecule has 21 rings (SSSR count). The number of benzene rings is 5. The number of hydrogen-bond donors (Lipinski definition) is 5. The van der Waals surface area contributed by atoms with E-state index in [-0.39, 0.29) is 123 Å². The third kappa shape index (κ3) is 16.8. The van der Waals surface area contributed by atoms with Crippen molar-refractivity contribution in [3.05, 3.63) is 288 Å². The number of carbonyl (C=O) groups is 9. The number of hydrogen-bond acceptors (Lipinski definition) is 18. The van der Waals surface area contributed by atoms with Crippen molar-refractivity contribution < 1.29 is 120 Å². The van der Waals surface area contributed by atoms with E-state index in [4.69, 9.17) is 19.0 Å². The first-order chi connectivity index (χ1) is 64.8. The molecule has 12 aliphatic rings. The highest BCUT2D eigenvalue weighted by molar-refractivity contribution is 6.03. The first-order valence-corrected chi connectivity index (χ1v) is 43.9. The Bertz CT molecular complexity index is 6460. The molecule has 0 radical (unpaired) electrons. The number of ether oxygens (including phenoxy) is 3. The number of pyridine rings is 4. The maximum absolute atomic E-state index is 14.1. The summed E-state index contributed by atoms with van der Waals surface area (Å²) < 4.78 is 177. The summed E-state index contributed by atoms with van der Waals surface area (Å²) in [5, 5.41) is 27.7. The lowest BCUT2D eigenvalue weighted by atomic mass is 9.86. The number of fused-ring (bicyclic) bond motifs is 4. The van der Waals surface area contributed by atoms with Crippen molar-refractivity contribution in [1.29, 1.82) is 0 Å². The third-order valence-electron chi connectivity index (χ3n) is 28.0. The fourth-order valence-corrected chi connectivity index (χ4v) is 21.8. The lowest BCUT2D eigenvalue weighted by molar-refractivity contribution is -0.156. The molecule has 16 heterocycles. The van der Waals surface area contributed by atoms with E-state index in [0.717, 1.165) is 114 Å². The summed E-state index contributed by atoms with van der Waals surface area (Å²) in [5.41, 5.74) is -6.11. The lowest BCUT2D eigenvalue weighted by Crippen LogP contribution is -2.53. The minimum atomic E-state index is -4.64. The van der Waals surface area contributed by atoms with Crippen LogP contribution in [0.1, 0.15) is 221 Å². The summed E-state index contributed by atoms with van der Waals surface area (Å²) in [7, 11) is 0. The maximum Gasteiger partial charge on any atom is 0.446 e. The maximum atomic E-state index is 14.1. The van der Waals surface area contributed by atoms with Crippen molar-refractivity contribution >= 4 is 53.6 Å². The molecule has 5 N–H and O–H groups in total. The minimum Gasteiger partial charge on any atom is -0.503 e. The summed E-state index contributed by atoms with van der Waals surface area (Å²) in [5.74, 6) is -17.1. The van der Waals surface area contributed by atoms with E-state index in [1.54, 1.807) is 25.9 Å². The van der Waals surface area contributed by atoms with Crippen molar-refractivity contribution in [3.63, 3.8) is 0 Å². The highest BCUT2D eigenvalue weighted by Crippen LogP contribution is 2.55. The summed E-state index contributed by atoms with van der Waals surface area (Å²) in [6.07, 6.45) is 13.5. The molecule has 0 unspecified atom stereocenters. The van der Waals surface area contributed by atoms with E-state index in [0.29, 0.717) is 62.6 Å². The van der Waals surface area contributed by atoms with E-state index in [1.165, 1.54) is 33.9 Å².